The summed E-state index contributed by atoms with van der Waals surface area (Å²) in [5, 5.41) is 3.98. The highest BCUT2D eigenvalue weighted by molar-refractivity contribution is 7.13. The van der Waals surface area contributed by atoms with E-state index in [4.69, 9.17) is 10.3 Å². The fourth-order valence-corrected chi connectivity index (χ4v) is 3.03. The van der Waals surface area contributed by atoms with Gasteiger partial charge in [0.1, 0.15) is 0 Å². The average Bonchev–Trinajstić information content (AvgIpc) is 2.99. The Kier molecular flexibility index (Phi) is 3.13. The van der Waals surface area contributed by atoms with E-state index in [2.05, 4.69) is 15.1 Å². The molecule has 18 heavy (non-hydrogen) atoms. The summed E-state index contributed by atoms with van der Waals surface area (Å²) in [6.07, 6.45) is 8.21. The SMILES string of the molecule is NC1(Cc2nc(-c3cncs3)no2)CCCCC1. The molecule has 0 amide bonds. The minimum absolute atomic E-state index is 0.157. The first-order valence-corrected chi connectivity index (χ1v) is 7.13. The van der Waals surface area contributed by atoms with E-state index in [1.54, 1.807) is 11.7 Å². The molecule has 0 atom stereocenters. The minimum atomic E-state index is -0.157. The van der Waals surface area contributed by atoms with Gasteiger partial charge < -0.3 is 10.3 Å². The average molecular weight is 264 g/mol. The largest absolute Gasteiger partial charge is 0.339 e. The lowest BCUT2D eigenvalue weighted by atomic mass is 9.80. The smallest absolute Gasteiger partial charge is 0.228 e. The number of hydrogen-bond acceptors (Lipinski definition) is 6. The van der Waals surface area contributed by atoms with Crippen molar-refractivity contribution in [1.29, 1.82) is 0 Å². The van der Waals surface area contributed by atoms with Crippen molar-refractivity contribution in [2.24, 2.45) is 5.73 Å². The Hall–Kier alpha value is -1.27. The summed E-state index contributed by atoms with van der Waals surface area (Å²) < 4.78 is 5.29. The fourth-order valence-electron chi connectivity index (χ4n) is 2.49. The summed E-state index contributed by atoms with van der Waals surface area (Å²) in [7, 11) is 0. The van der Waals surface area contributed by atoms with E-state index in [9.17, 15) is 0 Å². The lowest BCUT2D eigenvalue weighted by molar-refractivity contribution is 0.261. The van der Waals surface area contributed by atoms with Crippen LogP contribution in [0.4, 0.5) is 0 Å². The second-order valence-corrected chi connectivity index (χ2v) is 5.86. The summed E-state index contributed by atoms with van der Waals surface area (Å²) in [4.78, 5) is 9.34. The van der Waals surface area contributed by atoms with Gasteiger partial charge in [0.2, 0.25) is 11.7 Å². The van der Waals surface area contributed by atoms with E-state index < -0.39 is 0 Å². The minimum Gasteiger partial charge on any atom is -0.339 e. The van der Waals surface area contributed by atoms with Gasteiger partial charge in [0.25, 0.3) is 0 Å². The molecule has 96 valence electrons. The van der Waals surface area contributed by atoms with E-state index in [0.717, 1.165) is 17.7 Å². The maximum atomic E-state index is 6.38. The van der Waals surface area contributed by atoms with Crippen LogP contribution < -0.4 is 5.73 Å². The molecule has 2 heterocycles. The third-order valence-electron chi connectivity index (χ3n) is 3.47. The highest BCUT2D eigenvalue weighted by atomic mass is 32.1. The van der Waals surface area contributed by atoms with Gasteiger partial charge in [-0.2, -0.15) is 4.98 Å². The lowest BCUT2D eigenvalue weighted by Gasteiger charge is -2.31. The van der Waals surface area contributed by atoms with Crippen molar-refractivity contribution >= 4 is 11.3 Å². The van der Waals surface area contributed by atoms with Crippen molar-refractivity contribution in [3.63, 3.8) is 0 Å². The number of thiazole rings is 1. The van der Waals surface area contributed by atoms with Crippen molar-refractivity contribution in [2.45, 2.75) is 44.1 Å². The van der Waals surface area contributed by atoms with Crippen LogP contribution in [-0.2, 0) is 6.42 Å². The first-order chi connectivity index (χ1) is 8.75. The third-order valence-corrected chi connectivity index (χ3v) is 4.24. The van der Waals surface area contributed by atoms with Crippen LogP contribution in [0.15, 0.2) is 16.2 Å². The van der Waals surface area contributed by atoms with Gasteiger partial charge in [-0.1, -0.05) is 24.4 Å². The van der Waals surface area contributed by atoms with Gasteiger partial charge in [-0.3, -0.25) is 4.98 Å². The second kappa shape index (κ2) is 4.78. The van der Waals surface area contributed by atoms with Crippen LogP contribution in [0, 0.1) is 0 Å². The Morgan fingerprint density at radius 3 is 2.89 bits per heavy atom. The van der Waals surface area contributed by atoms with Crippen molar-refractivity contribution in [1.82, 2.24) is 15.1 Å². The predicted molar refractivity (Wildman–Crippen MR) is 69.1 cm³/mol. The molecule has 1 aliphatic carbocycles. The Morgan fingerprint density at radius 1 is 1.33 bits per heavy atom. The normalized spacial score (nSPS) is 18.9. The first-order valence-electron chi connectivity index (χ1n) is 6.26. The van der Waals surface area contributed by atoms with Gasteiger partial charge in [0, 0.05) is 18.2 Å². The van der Waals surface area contributed by atoms with Crippen molar-refractivity contribution in [3.8, 4) is 10.7 Å². The monoisotopic (exact) mass is 264 g/mol. The van der Waals surface area contributed by atoms with E-state index in [0.29, 0.717) is 18.1 Å². The van der Waals surface area contributed by atoms with Crippen LogP contribution >= 0.6 is 11.3 Å². The molecule has 0 aliphatic heterocycles. The predicted octanol–water partition coefficient (Wildman–Crippen LogP) is 2.40. The number of rotatable bonds is 3. The van der Waals surface area contributed by atoms with Crippen molar-refractivity contribution in [2.75, 3.05) is 0 Å². The van der Waals surface area contributed by atoms with Crippen LogP contribution in [0.5, 0.6) is 0 Å². The number of aromatic nitrogens is 3. The number of nitrogens with zero attached hydrogens (tertiary/aromatic N) is 3. The van der Waals surface area contributed by atoms with E-state index in [1.807, 2.05) is 0 Å². The van der Waals surface area contributed by atoms with Crippen LogP contribution in [-0.4, -0.2) is 20.7 Å². The van der Waals surface area contributed by atoms with E-state index in [1.165, 1.54) is 30.6 Å². The molecular formula is C12H16N4OS. The van der Waals surface area contributed by atoms with Crippen molar-refractivity contribution in [3.05, 3.63) is 17.6 Å². The Balaban J connectivity index is 1.73. The molecule has 0 unspecified atom stereocenters. The fraction of sp³-hybridized carbons (Fsp3) is 0.583. The molecule has 0 aromatic carbocycles. The zero-order valence-corrected chi connectivity index (χ0v) is 10.9. The van der Waals surface area contributed by atoms with Gasteiger partial charge >= 0.3 is 0 Å². The van der Waals surface area contributed by atoms with Crippen molar-refractivity contribution < 1.29 is 4.52 Å². The molecule has 5 nitrogen and oxygen atoms in total. The van der Waals surface area contributed by atoms with E-state index >= 15 is 0 Å². The molecule has 1 saturated carbocycles. The van der Waals surface area contributed by atoms with Crippen LogP contribution in [0.3, 0.4) is 0 Å². The highest BCUT2D eigenvalue weighted by Gasteiger charge is 2.30. The maximum absolute atomic E-state index is 6.38. The van der Waals surface area contributed by atoms with Gasteiger partial charge in [-0.15, -0.1) is 11.3 Å². The molecule has 2 N–H and O–H groups in total. The van der Waals surface area contributed by atoms with Gasteiger partial charge in [0.15, 0.2) is 0 Å². The molecule has 0 spiro atoms. The van der Waals surface area contributed by atoms with Crippen LogP contribution in [0.2, 0.25) is 0 Å². The van der Waals surface area contributed by atoms with Crippen LogP contribution in [0.1, 0.15) is 38.0 Å². The zero-order valence-electron chi connectivity index (χ0n) is 10.1. The molecule has 2 aromatic heterocycles. The van der Waals surface area contributed by atoms with Gasteiger partial charge in [0.05, 0.1) is 10.4 Å². The highest BCUT2D eigenvalue weighted by Crippen LogP contribution is 2.29. The van der Waals surface area contributed by atoms with Gasteiger partial charge in [-0.25, -0.2) is 0 Å². The lowest BCUT2D eigenvalue weighted by Crippen LogP contribution is -2.43. The summed E-state index contributed by atoms with van der Waals surface area (Å²) in [6, 6.07) is 0. The molecule has 2 aromatic rings. The second-order valence-electron chi connectivity index (χ2n) is 4.98. The molecule has 0 bridgehead atoms. The number of nitrogens with two attached hydrogens (primary N) is 1. The molecule has 1 fully saturated rings. The molecule has 3 rings (SSSR count). The van der Waals surface area contributed by atoms with Crippen LogP contribution in [0.25, 0.3) is 10.7 Å². The Bertz CT molecular complexity index is 502. The standard InChI is InChI=1S/C12H16N4OS/c13-12(4-2-1-3-5-12)6-10-15-11(16-17-10)9-7-14-8-18-9/h7-8H,1-6,13H2. The molecule has 0 radical (unpaired) electrons. The Labute approximate surface area is 109 Å². The molecular weight excluding hydrogens is 248 g/mol. The van der Waals surface area contributed by atoms with E-state index in [-0.39, 0.29) is 5.54 Å². The molecule has 1 aliphatic rings. The quantitative estimate of drug-likeness (QED) is 0.921. The summed E-state index contributed by atoms with van der Waals surface area (Å²) in [5.74, 6) is 1.26. The zero-order chi connectivity index (χ0) is 12.4. The Morgan fingerprint density at radius 2 is 2.17 bits per heavy atom. The maximum Gasteiger partial charge on any atom is 0.228 e. The third kappa shape index (κ3) is 2.44. The summed E-state index contributed by atoms with van der Waals surface area (Å²) >= 11 is 1.51. The van der Waals surface area contributed by atoms with Gasteiger partial charge in [-0.05, 0) is 12.8 Å². The molecule has 6 heteroatoms. The topological polar surface area (TPSA) is 77.8 Å². The first kappa shape index (κ1) is 11.8. The molecule has 0 saturated heterocycles. The summed E-state index contributed by atoms with van der Waals surface area (Å²) in [5.41, 5.74) is 7.99. The summed E-state index contributed by atoms with van der Waals surface area (Å²) in [6.45, 7) is 0. The number of hydrogen-bond donors (Lipinski definition) is 1.